The molecular formula is C14H27N3O. The van der Waals surface area contributed by atoms with E-state index in [1.165, 1.54) is 5.56 Å². The van der Waals surface area contributed by atoms with Gasteiger partial charge in [-0.25, -0.2) is 0 Å². The standard InChI is InChI=1S/C14H27N3O/c1-10(9-18)11(2)15-7-12-8-17(6)16-13(12)14(3,4)5/h8,10-11,15,18H,7,9H2,1-6H3. The predicted molar refractivity (Wildman–Crippen MR) is 74.5 cm³/mol. The molecule has 0 amide bonds. The number of nitrogens with one attached hydrogen (secondary N) is 1. The highest BCUT2D eigenvalue weighted by molar-refractivity contribution is 5.23. The van der Waals surface area contributed by atoms with E-state index < -0.39 is 0 Å². The molecule has 0 aromatic carbocycles. The zero-order chi connectivity index (χ0) is 13.9. The lowest BCUT2D eigenvalue weighted by molar-refractivity contribution is 0.207. The second-order valence-electron chi connectivity index (χ2n) is 6.26. The number of nitrogens with zero attached hydrogens (tertiary/aromatic N) is 2. The molecule has 0 aliphatic carbocycles. The lowest BCUT2D eigenvalue weighted by atomic mass is 9.89. The summed E-state index contributed by atoms with van der Waals surface area (Å²) in [4.78, 5) is 0. The number of hydrogen-bond donors (Lipinski definition) is 2. The first-order chi connectivity index (χ1) is 8.25. The van der Waals surface area contributed by atoms with Crippen LogP contribution in [0.2, 0.25) is 0 Å². The van der Waals surface area contributed by atoms with Gasteiger partial charge in [0.15, 0.2) is 0 Å². The number of aliphatic hydroxyl groups excluding tert-OH is 1. The van der Waals surface area contributed by atoms with E-state index in [-0.39, 0.29) is 17.9 Å². The second-order valence-corrected chi connectivity index (χ2v) is 6.26. The number of aliphatic hydroxyl groups is 1. The molecule has 18 heavy (non-hydrogen) atoms. The Labute approximate surface area is 110 Å². The van der Waals surface area contributed by atoms with Gasteiger partial charge in [0.05, 0.1) is 5.69 Å². The van der Waals surface area contributed by atoms with Crippen LogP contribution in [-0.4, -0.2) is 27.5 Å². The molecule has 0 radical (unpaired) electrons. The third kappa shape index (κ3) is 3.82. The van der Waals surface area contributed by atoms with Gasteiger partial charge in [0.1, 0.15) is 0 Å². The molecule has 4 heteroatoms. The molecule has 1 rings (SSSR count). The summed E-state index contributed by atoms with van der Waals surface area (Å²) in [6.07, 6.45) is 2.07. The minimum atomic E-state index is 0.0596. The normalized spacial score (nSPS) is 15.7. The summed E-state index contributed by atoms with van der Waals surface area (Å²) in [5, 5.41) is 17.1. The fourth-order valence-corrected chi connectivity index (χ4v) is 1.93. The van der Waals surface area contributed by atoms with Crippen molar-refractivity contribution < 1.29 is 5.11 Å². The van der Waals surface area contributed by atoms with Crippen molar-refractivity contribution in [2.24, 2.45) is 13.0 Å². The van der Waals surface area contributed by atoms with E-state index in [1.807, 2.05) is 18.7 Å². The molecule has 0 fully saturated rings. The Morgan fingerprint density at radius 1 is 1.39 bits per heavy atom. The van der Waals surface area contributed by atoms with Crippen molar-refractivity contribution in [2.45, 2.75) is 52.6 Å². The van der Waals surface area contributed by atoms with Gasteiger partial charge in [-0.2, -0.15) is 5.10 Å². The molecule has 1 heterocycles. The van der Waals surface area contributed by atoms with Crippen molar-refractivity contribution in [2.75, 3.05) is 6.61 Å². The molecule has 104 valence electrons. The largest absolute Gasteiger partial charge is 0.396 e. The van der Waals surface area contributed by atoms with Gasteiger partial charge in [-0.3, -0.25) is 4.68 Å². The highest BCUT2D eigenvalue weighted by Gasteiger charge is 2.22. The fourth-order valence-electron chi connectivity index (χ4n) is 1.93. The average molecular weight is 253 g/mol. The van der Waals surface area contributed by atoms with Crippen LogP contribution >= 0.6 is 0 Å². The van der Waals surface area contributed by atoms with Crippen LogP contribution < -0.4 is 5.32 Å². The molecular weight excluding hydrogens is 226 g/mol. The fraction of sp³-hybridized carbons (Fsp3) is 0.786. The Morgan fingerprint density at radius 2 is 2.00 bits per heavy atom. The van der Waals surface area contributed by atoms with Crippen LogP contribution in [0.4, 0.5) is 0 Å². The summed E-state index contributed by atoms with van der Waals surface area (Å²) >= 11 is 0. The van der Waals surface area contributed by atoms with Crippen molar-refractivity contribution in [3.05, 3.63) is 17.5 Å². The quantitative estimate of drug-likeness (QED) is 0.841. The van der Waals surface area contributed by atoms with E-state index in [0.29, 0.717) is 6.04 Å². The summed E-state index contributed by atoms with van der Waals surface area (Å²) < 4.78 is 1.87. The lowest BCUT2D eigenvalue weighted by Crippen LogP contribution is -2.33. The number of aryl methyl sites for hydroxylation is 1. The first-order valence-electron chi connectivity index (χ1n) is 6.63. The van der Waals surface area contributed by atoms with Gasteiger partial charge < -0.3 is 10.4 Å². The molecule has 0 saturated heterocycles. The number of aromatic nitrogens is 2. The first kappa shape index (κ1) is 15.2. The molecule has 0 aliphatic heterocycles. The van der Waals surface area contributed by atoms with Crippen LogP contribution in [0.3, 0.4) is 0 Å². The number of hydrogen-bond acceptors (Lipinski definition) is 3. The van der Waals surface area contributed by atoms with Gasteiger partial charge in [-0.1, -0.05) is 27.7 Å². The SMILES string of the molecule is CC(CO)C(C)NCc1cn(C)nc1C(C)(C)C. The van der Waals surface area contributed by atoms with E-state index in [0.717, 1.165) is 12.2 Å². The number of rotatable bonds is 5. The minimum Gasteiger partial charge on any atom is -0.396 e. The van der Waals surface area contributed by atoms with E-state index in [9.17, 15) is 0 Å². The molecule has 1 aromatic heterocycles. The molecule has 4 nitrogen and oxygen atoms in total. The zero-order valence-corrected chi connectivity index (χ0v) is 12.5. The van der Waals surface area contributed by atoms with E-state index in [2.05, 4.69) is 44.3 Å². The molecule has 0 saturated carbocycles. The molecule has 0 bridgehead atoms. The Kier molecular flexibility index (Phi) is 4.93. The average Bonchev–Trinajstić information content (AvgIpc) is 2.66. The smallest absolute Gasteiger partial charge is 0.0722 e. The van der Waals surface area contributed by atoms with Crippen LogP contribution in [-0.2, 0) is 19.0 Å². The Hall–Kier alpha value is -0.870. The summed E-state index contributed by atoms with van der Waals surface area (Å²) in [5.74, 6) is 0.264. The highest BCUT2D eigenvalue weighted by atomic mass is 16.3. The summed E-state index contributed by atoms with van der Waals surface area (Å²) in [6, 6.07) is 0.294. The van der Waals surface area contributed by atoms with Crippen LogP contribution in [0, 0.1) is 5.92 Å². The maximum absolute atomic E-state index is 9.13. The molecule has 0 aliphatic rings. The predicted octanol–water partition coefficient (Wildman–Crippen LogP) is 1.82. The van der Waals surface area contributed by atoms with Crippen molar-refractivity contribution in [1.82, 2.24) is 15.1 Å². The van der Waals surface area contributed by atoms with E-state index in [1.54, 1.807) is 0 Å². The van der Waals surface area contributed by atoms with Gasteiger partial charge in [-0.15, -0.1) is 0 Å². The first-order valence-corrected chi connectivity index (χ1v) is 6.63. The molecule has 2 N–H and O–H groups in total. The lowest BCUT2D eigenvalue weighted by Gasteiger charge is -2.21. The van der Waals surface area contributed by atoms with E-state index >= 15 is 0 Å². The molecule has 1 aromatic rings. The van der Waals surface area contributed by atoms with Crippen molar-refractivity contribution >= 4 is 0 Å². The van der Waals surface area contributed by atoms with Crippen molar-refractivity contribution in [3.63, 3.8) is 0 Å². The van der Waals surface area contributed by atoms with Crippen molar-refractivity contribution in [3.8, 4) is 0 Å². The van der Waals surface area contributed by atoms with Gasteiger partial charge in [0.2, 0.25) is 0 Å². The van der Waals surface area contributed by atoms with Crippen LogP contribution in [0.25, 0.3) is 0 Å². The maximum atomic E-state index is 9.13. The molecule has 0 spiro atoms. The maximum Gasteiger partial charge on any atom is 0.0722 e. The Bertz CT molecular complexity index is 379. The summed E-state index contributed by atoms with van der Waals surface area (Å²) in [6.45, 7) is 11.7. The summed E-state index contributed by atoms with van der Waals surface area (Å²) in [5.41, 5.74) is 2.44. The highest BCUT2D eigenvalue weighted by Crippen LogP contribution is 2.24. The van der Waals surface area contributed by atoms with Gasteiger partial charge in [0, 0.05) is 43.4 Å². The van der Waals surface area contributed by atoms with Crippen LogP contribution in [0.1, 0.15) is 45.9 Å². The van der Waals surface area contributed by atoms with Crippen molar-refractivity contribution in [1.29, 1.82) is 0 Å². The zero-order valence-electron chi connectivity index (χ0n) is 12.5. The second kappa shape index (κ2) is 5.85. The third-order valence-electron chi connectivity index (χ3n) is 3.37. The topological polar surface area (TPSA) is 50.1 Å². The monoisotopic (exact) mass is 253 g/mol. The van der Waals surface area contributed by atoms with E-state index in [4.69, 9.17) is 5.11 Å². The molecule has 2 unspecified atom stereocenters. The minimum absolute atomic E-state index is 0.0596. The van der Waals surface area contributed by atoms with Crippen LogP contribution in [0.15, 0.2) is 6.20 Å². The van der Waals surface area contributed by atoms with Crippen LogP contribution in [0.5, 0.6) is 0 Å². The third-order valence-corrected chi connectivity index (χ3v) is 3.37. The van der Waals surface area contributed by atoms with Gasteiger partial charge in [-0.05, 0) is 12.8 Å². The Balaban J connectivity index is 2.73. The molecule has 2 atom stereocenters. The Morgan fingerprint density at radius 3 is 2.50 bits per heavy atom. The van der Waals surface area contributed by atoms with Gasteiger partial charge in [0.25, 0.3) is 0 Å². The summed E-state index contributed by atoms with van der Waals surface area (Å²) in [7, 11) is 1.96. The van der Waals surface area contributed by atoms with Gasteiger partial charge >= 0.3 is 0 Å².